The second-order valence-corrected chi connectivity index (χ2v) is 5.35. The number of amides is 1. The van der Waals surface area contributed by atoms with Gasteiger partial charge in [0.05, 0.1) is 5.56 Å². The maximum Gasteiger partial charge on any atom is 0.257 e. The fourth-order valence-electron chi connectivity index (χ4n) is 1.34. The molecule has 0 aromatic heterocycles. The third-order valence-electron chi connectivity index (χ3n) is 2.89. The van der Waals surface area contributed by atoms with Crippen LogP contribution in [0.5, 0.6) is 0 Å². The molecule has 0 unspecified atom stereocenters. The number of hydrogen-bond acceptors (Lipinski definition) is 1. The van der Waals surface area contributed by atoms with Gasteiger partial charge in [-0.2, -0.15) is 0 Å². The number of hydrogen-bond donors (Lipinski definition) is 0. The van der Waals surface area contributed by atoms with Crippen LogP contribution >= 0.6 is 15.9 Å². The third kappa shape index (κ3) is 3.06. The number of halogens is 2. The van der Waals surface area contributed by atoms with E-state index in [1.54, 1.807) is 24.9 Å². The van der Waals surface area contributed by atoms with E-state index in [-0.39, 0.29) is 17.0 Å². The molecular formula is C13H17BrFNO. The third-order valence-corrected chi connectivity index (χ3v) is 4.27. The normalized spacial score (nSPS) is 11.4. The van der Waals surface area contributed by atoms with Gasteiger partial charge in [0.2, 0.25) is 0 Å². The standard InChI is InChI=1S/C13H17BrFNO/c1-9-5-6-10(11(15)7-9)12(17)16(4)13(2,3)8-14/h5-7H,8H2,1-4H3. The minimum absolute atomic E-state index is 0.118. The Morgan fingerprint density at radius 3 is 2.53 bits per heavy atom. The maximum absolute atomic E-state index is 13.7. The fourth-order valence-corrected chi connectivity index (χ4v) is 1.71. The predicted octanol–water partition coefficient (Wildman–Crippen LogP) is 3.38. The molecule has 0 atom stereocenters. The van der Waals surface area contributed by atoms with Crippen molar-refractivity contribution in [2.45, 2.75) is 26.3 Å². The van der Waals surface area contributed by atoms with Crippen LogP contribution in [0.2, 0.25) is 0 Å². The van der Waals surface area contributed by atoms with Crippen molar-refractivity contribution in [3.8, 4) is 0 Å². The molecule has 0 aliphatic carbocycles. The highest BCUT2D eigenvalue weighted by Gasteiger charge is 2.28. The van der Waals surface area contributed by atoms with E-state index in [0.717, 1.165) is 5.56 Å². The zero-order valence-electron chi connectivity index (χ0n) is 10.6. The zero-order chi connectivity index (χ0) is 13.2. The molecule has 17 heavy (non-hydrogen) atoms. The molecule has 1 rings (SSSR count). The quantitative estimate of drug-likeness (QED) is 0.784. The van der Waals surface area contributed by atoms with E-state index in [4.69, 9.17) is 0 Å². The summed E-state index contributed by atoms with van der Waals surface area (Å²) in [6.45, 7) is 5.64. The molecule has 1 amide bonds. The van der Waals surface area contributed by atoms with Crippen molar-refractivity contribution >= 4 is 21.8 Å². The summed E-state index contributed by atoms with van der Waals surface area (Å²) in [5, 5.41) is 0.635. The van der Waals surface area contributed by atoms with E-state index in [0.29, 0.717) is 5.33 Å². The Morgan fingerprint density at radius 1 is 1.47 bits per heavy atom. The van der Waals surface area contributed by atoms with Crippen LogP contribution in [-0.2, 0) is 0 Å². The number of carbonyl (C=O) groups excluding carboxylic acids is 1. The summed E-state index contributed by atoms with van der Waals surface area (Å²) in [6.07, 6.45) is 0. The number of aryl methyl sites for hydroxylation is 1. The monoisotopic (exact) mass is 301 g/mol. The van der Waals surface area contributed by atoms with E-state index in [9.17, 15) is 9.18 Å². The largest absolute Gasteiger partial charge is 0.336 e. The first-order valence-electron chi connectivity index (χ1n) is 5.40. The Kier molecular flexibility index (Phi) is 4.31. The first-order chi connectivity index (χ1) is 7.79. The predicted molar refractivity (Wildman–Crippen MR) is 71.1 cm³/mol. The number of nitrogens with zero attached hydrogens (tertiary/aromatic N) is 1. The highest BCUT2D eigenvalue weighted by Crippen LogP contribution is 2.20. The molecule has 2 nitrogen and oxygen atoms in total. The molecule has 1 aromatic carbocycles. The Labute approximate surface area is 110 Å². The van der Waals surface area contributed by atoms with Gasteiger partial charge in [-0.3, -0.25) is 4.79 Å². The van der Waals surface area contributed by atoms with Gasteiger partial charge in [0.15, 0.2) is 0 Å². The van der Waals surface area contributed by atoms with Crippen molar-refractivity contribution in [1.82, 2.24) is 4.90 Å². The van der Waals surface area contributed by atoms with E-state index < -0.39 is 5.82 Å². The maximum atomic E-state index is 13.7. The second kappa shape index (κ2) is 5.17. The number of carbonyl (C=O) groups is 1. The van der Waals surface area contributed by atoms with Crippen molar-refractivity contribution in [3.63, 3.8) is 0 Å². The lowest BCUT2D eigenvalue weighted by molar-refractivity contribution is 0.0659. The van der Waals surface area contributed by atoms with Crippen molar-refractivity contribution in [2.75, 3.05) is 12.4 Å². The van der Waals surface area contributed by atoms with Gasteiger partial charge in [-0.1, -0.05) is 22.0 Å². The van der Waals surface area contributed by atoms with Crippen LogP contribution in [-0.4, -0.2) is 28.7 Å². The molecule has 0 aliphatic rings. The average Bonchev–Trinajstić information content (AvgIpc) is 2.27. The molecule has 0 saturated heterocycles. The minimum Gasteiger partial charge on any atom is -0.336 e. The zero-order valence-corrected chi connectivity index (χ0v) is 12.1. The molecule has 0 N–H and O–H groups in total. The topological polar surface area (TPSA) is 20.3 Å². The van der Waals surface area contributed by atoms with E-state index in [1.165, 1.54) is 12.1 Å². The number of alkyl halides is 1. The van der Waals surface area contributed by atoms with Gasteiger partial charge in [-0.15, -0.1) is 0 Å². The molecule has 4 heteroatoms. The van der Waals surface area contributed by atoms with E-state index in [2.05, 4.69) is 15.9 Å². The Bertz CT molecular complexity index is 431. The molecule has 94 valence electrons. The summed E-state index contributed by atoms with van der Waals surface area (Å²) in [7, 11) is 1.68. The lowest BCUT2D eigenvalue weighted by Crippen LogP contribution is -2.46. The van der Waals surface area contributed by atoms with Gasteiger partial charge in [-0.25, -0.2) is 4.39 Å². The summed E-state index contributed by atoms with van der Waals surface area (Å²) >= 11 is 3.35. The Morgan fingerprint density at radius 2 is 2.06 bits per heavy atom. The van der Waals surface area contributed by atoms with Crippen LogP contribution < -0.4 is 0 Å². The lowest BCUT2D eigenvalue weighted by Gasteiger charge is -2.34. The first kappa shape index (κ1) is 14.2. The lowest BCUT2D eigenvalue weighted by atomic mass is 10.0. The Hall–Kier alpha value is -0.900. The SMILES string of the molecule is Cc1ccc(C(=O)N(C)C(C)(C)CBr)c(F)c1. The van der Waals surface area contributed by atoms with Crippen LogP contribution in [0.1, 0.15) is 29.8 Å². The molecule has 0 radical (unpaired) electrons. The van der Waals surface area contributed by atoms with E-state index in [1.807, 2.05) is 13.8 Å². The molecule has 0 spiro atoms. The summed E-state index contributed by atoms with van der Waals surface area (Å²) in [6, 6.07) is 4.65. The smallest absolute Gasteiger partial charge is 0.257 e. The van der Waals surface area contributed by atoms with Gasteiger partial charge >= 0.3 is 0 Å². The van der Waals surface area contributed by atoms with Gasteiger partial charge in [-0.05, 0) is 38.5 Å². The highest BCUT2D eigenvalue weighted by molar-refractivity contribution is 9.09. The van der Waals surface area contributed by atoms with Crippen LogP contribution in [0.15, 0.2) is 18.2 Å². The molecule has 0 heterocycles. The van der Waals surface area contributed by atoms with Crippen molar-refractivity contribution in [1.29, 1.82) is 0 Å². The summed E-state index contributed by atoms with van der Waals surface area (Å²) in [4.78, 5) is 13.7. The van der Waals surface area contributed by atoms with Crippen molar-refractivity contribution in [3.05, 3.63) is 35.1 Å². The van der Waals surface area contributed by atoms with Crippen molar-refractivity contribution in [2.24, 2.45) is 0 Å². The molecule has 0 saturated carbocycles. The molecule has 0 fully saturated rings. The summed E-state index contributed by atoms with van der Waals surface area (Å²) in [5.41, 5.74) is 0.572. The second-order valence-electron chi connectivity index (χ2n) is 4.79. The first-order valence-corrected chi connectivity index (χ1v) is 6.52. The van der Waals surface area contributed by atoms with Crippen LogP contribution in [0.3, 0.4) is 0 Å². The van der Waals surface area contributed by atoms with E-state index >= 15 is 0 Å². The molecule has 0 bridgehead atoms. The molecule has 1 aromatic rings. The summed E-state index contributed by atoms with van der Waals surface area (Å²) in [5.74, 6) is -0.765. The summed E-state index contributed by atoms with van der Waals surface area (Å²) < 4.78 is 13.7. The van der Waals surface area contributed by atoms with Gasteiger partial charge < -0.3 is 4.90 Å². The Balaban J connectivity index is 3.05. The molecular weight excluding hydrogens is 285 g/mol. The minimum atomic E-state index is -0.466. The average molecular weight is 302 g/mol. The van der Waals surface area contributed by atoms with Crippen LogP contribution in [0, 0.1) is 12.7 Å². The van der Waals surface area contributed by atoms with Gasteiger partial charge in [0.25, 0.3) is 5.91 Å². The van der Waals surface area contributed by atoms with Crippen molar-refractivity contribution < 1.29 is 9.18 Å². The van der Waals surface area contributed by atoms with Crippen LogP contribution in [0.4, 0.5) is 4.39 Å². The molecule has 0 aliphatic heterocycles. The fraction of sp³-hybridized carbons (Fsp3) is 0.462. The van der Waals surface area contributed by atoms with Crippen LogP contribution in [0.25, 0.3) is 0 Å². The number of benzene rings is 1. The van der Waals surface area contributed by atoms with Gasteiger partial charge in [0, 0.05) is 17.9 Å². The highest BCUT2D eigenvalue weighted by atomic mass is 79.9. The number of rotatable bonds is 3. The van der Waals surface area contributed by atoms with Gasteiger partial charge in [0.1, 0.15) is 5.82 Å².